The first-order chi connectivity index (χ1) is 8.06. The minimum absolute atomic E-state index is 0.252. The molecule has 2 rings (SSSR count). The van der Waals surface area contributed by atoms with Crippen molar-refractivity contribution in [3.05, 3.63) is 45.6 Å². The summed E-state index contributed by atoms with van der Waals surface area (Å²) in [4.78, 5) is 11.7. The fourth-order valence-corrected chi connectivity index (χ4v) is 1.91. The van der Waals surface area contributed by atoms with Gasteiger partial charge in [-0.05, 0) is 24.3 Å². The summed E-state index contributed by atoms with van der Waals surface area (Å²) in [5.74, 6) is 0.0461. The number of hydrogen-bond donors (Lipinski definition) is 1. The smallest absolute Gasteiger partial charge is 0.287 e. The highest BCUT2D eigenvalue weighted by molar-refractivity contribution is 9.11. The Kier molecular flexibility index (Phi) is 3.69. The molecule has 0 atom stereocenters. The van der Waals surface area contributed by atoms with Crippen molar-refractivity contribution in [2.75, 3.05) is 6.54 Å². The van der Waals surface area contributed by atoms with Crippen LogP contribution in [0, 0.1) is 0 Å². The first kappa shape index (κ1) is 12.4. The van der Waals surface area contributed by atoms with Crippen molar-refractivity contribution in [3.63, 3.8) is 0 Å². The van der Waals surface area contributed by atoms with E-state index in [-0.39, 0.29) is 5.91 Å². The maximum atomic E-state index is 11.7. The zero-order valence-electron chi connectivity index (χ0n) is 8.80. The summed E-state index contributed by atoms with van der Waals surface area (Å²) in [6.07, 6.45) is 0. The molecule has 0 saturated carbocycles. The normalized spacial score (nSPS) is 10.5. The van der Waals surface area contributed by atoms with Crippen LogP contribution in [0.5, 0.6) is 0 Å². The number of carbonyl (C=O) groups is 1. The molecule has 1 aromatic heterocycles. The van der Waals surface area contributed by atoms with Crippen LogP contribution in [-0.4, -0.2) is 12.5 Å². The lowest BCUT2D eigenvalue weighted by Gasteiger charge is -1.99. The van der Waals surface area contributed by atoms with Crippen molar-refractivity contribution in [2.24, 2.45) is 0 Å². The Morgan fingerprint density at radius 2 is 2.18 bits per heavy atom. The molecule has 0 bridgehead atoms. The molecule has 0 spiro atoms. The average molecular weight is 359 g/mol. The fraction of sp³-hybridized carbons (Fsp3) is 0.0833. The number of fused-ring (bicyclic) bond motifs is 1. The summed E-state index contributed by atoms with van der Waals surface area (Å²) in [5, 5.41) is 3.57. The Morgan fingerprint density at radius 3 is 2.88 bits per heavy atom. The van der Waals surface area contributed by atoms with Crippen LogP contribution in [0.15, 0.2) is 44.2 Å². The van der Waals surface area contributed by atoms with E-state index in [9.17, 15) is 4.79 Å². The maximum absolute atomic E-state index is 11.7. The van der Waals surface area contributed by atoms with E-state index in [1.165, 1.54) is 0 Å². The van der Waals surface area contributed by atoms with E-state index in [2.05, 4.69) is 43.8 Å². The van der Waals surface area contributed by atoms with Crippen molar-refractivity contribution in [1.29, 1.82) is 0 Å². The van der Waals surface area contributed by atoms with Gasteiger partial charge < -0.3 is 9.73 Å². The molecule has 2 aromatic rings. The molecule has 1 N–H and O–H groups in total. The number of hydrogen-bond acceptors (Lipinski definition) is 2. The van der Waals surface area contributed by atoms with Crippen LogP contribution in [0.4, 0.5) is 0 Å². The number of nitrogens with one attached hydrogen (secondary N) is 1. The summed E-state index contributed by atoms with van der Waals surface area (Å²) < 4.78 is 7.10. The molecule has 0 saturated heterocycles. The molecule has 0 aliphatic carbocycles. The molecule has 17 heavy (non-hydrogen) atoms. The largest absolute Gasteiger partial charge is 0.451 e. The predicted octanol–water partition coefficient (Wildman–Crippen LogP) is 3.83. The molecular formula is C12H9Br2NO2. The van der Waals surface area contributed by atoms with Gasteiger partial charge in [0, 0.05) is 20.9 Å². The third-order valence-electron chi connectivity index (χ3n) is 2.14. The Bertz CT molecular complexity index is 589. The standard InChI is InChI=1S/C12H9Br2NO2/c1-7(13)6-15-12(16)11-5-8-4-9(14)2-3-10(8)17-11/h2-5H,1,6H2,(H,15,16). The lowest BCUT2D eigenvalue weighted by Crippen LogP contribution is -2.23. The van der Waals surface area contributed by atoms with Gasteiger partial charge in [0.2, 0.25) is 0 Å². The van der Waals surface area contributed by atoms with Crippen LogP contribution >= 0.6 is 31.9 Å². The summed E-state index contributed by atoms with van der Waals surface area (Å²) in [6.45, 7) is 4.01. The summed E-state index contributed by atoms with van der Waals surface area (Å²) in [5.41, 5.74) is 0.691. The van der Waals surface area contributed by atoms with Crippen LogP contribution in [-0.2, 0) is 0 Å². The van der Waals surface area contributed by atoms with E-state index in [1.807, 2.05) is 18.2 Å². The molecule has 0 fully saturated rings. The van der Waals surface area contributed by atoms with Gasteiger partial charge in [-0.15, -0.1) is 0 Å². The monoisotopic (exact) mass is 357 g/mol. The van der Waals surface area contributed by atoms with Crippen molar-refractivity contribution in [3.8, 4) is 0 Å². The van der Waals surface area contributed by atoms with E-state index in [0.717, 1.165) is 9.86 Å². The van der Waals surface area contributed by atoms with E-state index in [1.54, 1.807) is 6.07 Å². The van der Waals surface area contributed by atoms with E-state index in [4.69, 9.17) is 4.42 Å². The van der Waals surface area contributed by atoms with Gasteiger partial charge in [0.25, 0.3) is 5.91 Å². The predicted molar refractivity (Wildman–Crippen MR) is 74.3 cm³/mol. The summed E-state index contributed by atoms with van der Waals surface area (Å²) >= 11 is 6.54. The molecule has 1 heterocycles. The summed E-state index contributed by atoms with van der Waals surface area (Å²) in [7, 11) is 0. The van der Waals surface area contributed by atoms with E-state index < -0.39 is 0 Å². The molecule has 1 aromatic carbocycles. The van der Waals surface area contributed by atoms with Crippen LogP contribution in [0.25, 0.3) is 11.0 Å². The van der Waals surface area contributed by atoms with Crippen LogP contribution in [0.3, 0.4) is 0 Å². The SMILES string of the molecule is C=C(Br)CNC(=O)c1cc2cc(Br)ccc2o1. The third kappa shape index (κ3) is 2.98. The van der Waals surface area contributed by atoms with Gasteiger partial charge in [-0.25, -0.2) is 0 Å². The molecule has 88 valence electrons. The van der Waals surface area contributed by atoms with Crippen molar-refractivity contribution >= 4 is 48.7 Å². The minimum atomic E-state index is -0.252. The van der Waals surface area contributed by atoms with Crippen molar-refractivity contribution in [2.45, 2.75) is 0 Å². The molecule has 0 aliphatic heterocycles. The zero-order valence-corrected chi connectivity index (χ0v) is 12.0. The number of furan rings is 1. The highest BCUT2D eigenvalue weighted by Crippen LogP contribution is 2.23. The van der Waals surface area contributed by atoms with Crippen LogP contribution in [0.2, 0.25) is 0 Å². The lowest BCUT2D eigenvalue weighted by molar-refractivity contribution is 0.0932. The number of rotatable bonds is 3. The number of benzene rings is 1. The topological polar surface area (TPSA) is 42.2 Å². The quantitative estimate of drug-likeness (QED) is 0.905. The first-order valence-corrected chi connectivity index (χ1v) is 6.45. The molecule has 5 heteroatoms. The Hall–Kier alpha value is -1.07. The zero-order chi connectivity index (χ0) is 12.4. The highest BCUT2D eigenvalue weighted by Gasteiger charge is 2.11. The van der Waals surface area contributed by atoms with E-state index in [0.29, 0.717) is 22.4 Å². The molecule has 0 aliphatic rings. The van der Waals surface area contributed by atoms with Gasteiger partial charge in [0.15, 0.2) is 5.76 Å². The van der Waals surface area contributed by atoms with E-state index >= 15 is 0 Å². The van der Waals surface area contributed by atoms with Crippen LogP contribution in [0.1, 0.15) is 10.6 Å². The molecule has 3 nitrogen and oxygen atoms in total. The van der Waals surface area contributed by atoms with Crippen molar-refractivity contribution < 1.29 is 9.21 Å². The van der Waals surface area contributed by atoms with Gasteiger partial charge in [0.05, 0.1) is 0 Å². The van der Waals surface area contributed by atoms with Gasteiger partial charge in [-0.3, -0.25) is 4.79 Å². The van der Waals surface area contributed by atoms with Gasteiger partial charge >= 0.3 is 0 Å². The maximum Gasteiger partial charge on any atom is 0.287 e. The summed E-state index contributed by atoms with van der Waals surface area (Å²) in [6, 6.07) is 7.30. The van der Waals surface area contributed by atoms with Crippen molar-refractivity contribution in [1.82, 2.24) is 5.32 Å². The second kappa shape index (κ2) is 5.06. The Labute approximate surface area is 115 Å². The average Bonchev–Trinajstić information content (AvgIpc) is 2.68. The number of halogens is 2. The molecule has 0 radical (unpaired) electrons. The second-order valence-corrected chi connectivity index (χ2v) is 5.53. The minimum Gasteiger partial charge on any atom is -0.451 e. The van der Waals surface area contributed by atoms with Gasteiger partial charge in [0.1, 0.15) is 5.58 Å². The lowest BCUT2D eigenvalue weighted by atomic mass is 10.2. The van der Waals surface area contributed by atoms with Gasteiger partial charge in [-0.1, -0.05) is 38.4 Å². The number of amides is 1. The molecular weight excluding hydrogens is 350 g/mol. The van der Waals surface area contributed by atoms with Crippen LogP contribution < -0.4 is 5.32 Å². The first-order valence-electron chi connectivity index (χ1n) is 4.87. The van der Waals surface area contributed by atoms with Gasteiger partial charge in [-0.2, -0.15) is 0 Å². The molecule has 1 amide bonds. The number of carbonyl (C=O) groups excluding carboxylic acids is 1. The molecule has 0 unspecified atom stereocenters. The Morgan fingerprint density at radius 1 is 1.41 bits per heavy atom. The Balaban J connectivity index is 2.24. The fourth-order valence-electron chi connectivity index (χ4n) is 1.39. The highest BCUT2D eigenvalue weighted by atomic mass is 79.9. The third-order valence-corrected chi connectivity index (χ3v) is 2.92. The second-order valence-electron chi connectivity index (χ2n) is 3.49.